The minimum atomic E-state index is -3.86. The Morgan fingerprint density at radius 2 is 1.81 bits per heavy atom. The van der Waals surface area contributed by atoms with Crippen LogP contribution in [0.5, 0.6) is 0 Å². The monoisotopic (exact) mass is 315 g/mol. The molecule has 1 unspecified atom stereocenters. The number of aryl methyl sites for hydroxylation is 2. The molecule has 1 aromatic rings. The fraction of sp³-hybridized carbons (Fsp3) is 0.500. The molecule has 6 nitrogen and oxygen atoms in total. The standard InChI is InChI=1S/C14H21NO5S/c1-4-10-6-7-12(8-11(10)5-2)21(19,20)15-9-14(3,18)13(16)17/h6-8,15,18H,4-5,9H2,1-3H3,(H,16,17). The molecule has 0 saturated carbocycles. The zero-order chi connectivity index (χ0) is 16.3. The Morgan fingerprint density at radius 1 is 1.24 bits per heavy atom. The molecule has 0 fully saturated rings. The fourth-order valence-corrected chi connectivity index (χ4v) is 3.02. The first-order chi connectivity index (χ1) is 9.64. The number of carbonyl (C=O) groups is 1. The number of carboxylic acid groups (broad SMARTS) is 1. The van der Waals surface area contributed by atoms with Crippen molar-refractivity contribution in [1.82, 2.24) is 4.72 Å². The summed E-state index contributed by atoms with van der Waals surface area (Å²) in [5.74, 6) is -1.49. The summed E-state index contributed by atoms with van der Waals surface area (Å²) in [6.45, 7) is 4.37. The topological polar surface area (TPSA) is 104 Å². The molecule has 1 aromatic carbocycles. The van der Waals surface area contributed by atoms with E-state index in [1.54, 1.807) is 12.1 Å². The number of hydrogen-bond acceptors (Lipinski definition) is 4. The van der Waals surface area contributed by atoms with Gasteiger partial charge in [-0.1, -0.05) is 19.9 Å². The quantitative estimate of drug-likeness (QED) is 0.694. The summed E-state index contributed by atoms with van der Waals surface area (Å²) in [7, 11) is -3.86. The second kappa shape index (κ2) is 6.55. The van der Waals surface area contributed by atoms with Gasteiger partial charge in [-0.15, -0.1) is 0 Å². The van der Waals surface area contributed by atoms with E-state index in [4.69, 9.17) is 5.11 Å². The Labute approximate surface area is 124 Å². The van der Waals surface area contributed by atoms with Crippen molar-refractivity contribution in [2.75, 3.05) is 6.54 Å². The Hall–Kier alpha value is -1.44. The molecule has 0 saturated heterocycles. The summed E-state index contributed by atoms with van der Waals surface area (Å²) in [5.41, 5.74) is -0.136. The molecule has 1 rings (SSSR count). The zero-order valence-corrected chi connectivity index (χ0v) is 13.2. The number of nitrogens with one attached hydrogen (secondary N) is 1. The Kier molecular flexibility index (Phi) is 5.49. The normalized spacial score (nSPS) is 14.7. The largest absolute Gasteiger partial charge is 0.479 e. The van der Waals surface area contributed by atoms with Gasteiger partial charge in [0.05, 0.1) is 11.4 Å². The van der Waals surface area contributed by atoms with Crippen molar-refractivity contribution in [2.45, 2.75) is 44.1 Å². The van der Waals surface area contributed by atoms with E-state index in [1.165, 1.54) is 6.07 Å². The predicted molar refractivity (Wildman–Crippen MR) is 78.6 cm³/mol. The first kappa shape index (κ1) is 17.6. The van der Waals surface area contributed by atoms with Crippen LogP contribution in [-0.2, 0) is 27.7 Å². The summed E-state index contributed by atoms with van der Waals surface area (Å²) >= 11 is 0. The molecule has 0 spiro atoms. The van der Waals surface area contributed by atoms with Crippen molar-refractivity contribution < 1.29 is 23.4 Å². The highest BCUT2D eigenvalue weighted by Crippen LogP contribution is 2.17. The highest BCUT2D eigenvalue weighted by atomic mass is 32.2. The van der Waals surface area contributed by atoms with Crippen molar-refractivity contribution in [2.24, 2.45) is 0 Å². The van der Waals surface area contributed by atoms with Gasteiger partial charge in [-0.25, -0.2) is 17.9 Å². The van der Waals surface area contributed by atoms with Gasteiger partial charge in [0.1, 0.15) is 0 Å². The predicted octanol–water partition coefficient (Wildman–Crippen LogP) is 0.925. The van der Waals surface area contributed by atoms with Crippen LogP contribution in [-0.4, -0.2) is 36.7 Å². The molecule has 1 atom stereocenters. The lowest BCUT2D eigenvalue weighted by Gasteiger charge is -2.18. The van der Waals surface area contributed by atoms with Gasteiger partial charge in [-0.05, 0) is 43.0 Å². The molecule has 0 amide bonds. The van der Waals surface area contributed by atoms with E-state index in [-0.39, 0.29) is 4.90 Å². The van der Waals surface area contributed by atoms with Gasteiger partial charge >= 0.3 is 5.97 Å². The third-order valence-electron chi connectivity index (χ3n) is 3.32. The SMILES string of the molecule is CCc1ccc(S(=O)(=O)NCC(C)(O)C(=O)O)cc1CC. The van der Waals surface area contributed by atoms with Crippen molar-refractivity contribution in [3.05, 3.63) is 29.3 Å². The smallest absolute Gasteiger partial charge is 0.336 e. The number of aliphatic carboxylic acids is 1. The molecule has 21 heavy (non-hydrogen) atoms. The molecule has 0 aliphatic heterocycles. The van der Waals surface area contributed by atoms with Crippen molar-refractivity contribution in [1.29, 1.82) is 0 Å². The molecular weight excluding hydrogens is 294 g/mol. The average Bonchev–Trinajstić information content (AvgIpc) is 2.44. The average molecular weight is 315 g/mol. The van der Waals surface area contributed by atoms with Crippen molar-refractivity contribution in [3.8, 4) is 0 Å². The van der Waals surface area contributed by atoms with Crippen LogP contribution >= 0.6 is 0 Å². The van der Waals surface area contributed by atoms with Crippen molar-refractivity contribution in [3.63, 3.8) is 0 Å². The van der Waals surface area contributed by atoms with Crippen LogP contribution in [0.3, 0.4) is 0 Å². The number of sulfonamides is 1. The highest BCUT2D eigenvalue weighted by Gasteiger charge is 2.31. The summed E-state index contributed by atoms with van der Waals surface area (Å²) in [6.07, 6.45) is 1.52. The van der Waals surface area contributed by atoms with Crippen LogP contribution in [0.15, 0.2) is 23.1 Å². The lowest BCUT2D eigenvalue weighted by molar-refractivity contribution is -0.155. The van der Waals surface area contributed by atoms with Gasteiger partial charge in [-0.3, -0.25) is 0 Å². The number of hydrogen-bond donors (Lipinski definition) is 3. The van der Waals surface area contributed by atoms with Crippen LogP contribution in [0.2, 0.25) is 0 Å². The van der Waals surface area contributed by atoms with Crippen LogP contribution < -0.4 is 4.72 Å². The van der Waals surface area contributed by atoms with Crippen LogP contribution in [0, 0.1) is 0 Å². The van der Waals surface area contributed by atoms with E-state index in [1.807, 2.05) is 13.8 Å². The van der Waals surface area contributed by atoms with Gasteiger partial charge in [-0.2, -0.15) is 0 Å². The van der Waals surface area contributed by atoms with E-state index < -0.39 is 28.1 Å². The van der Waals surface area contributed by atoms with E-state index in [2.05, 4.69) is 4.72 Å². The van der Waals surface area contributed by atoms with Crippen LogP contribution in [0.25, 0.3) is 0 Å². The molecule has 0 aliphatic carbocycles. The summed E-state index contributed by atoms with van der Waals surface area (Å²) in [5, 5.41) is 18.3. The minimum absolute atomic E-state index is 0.0674. The molecule has 7 heteroatoms. The number of aliphatic hydroxyl groups is 1. The Morgan fingerprint density at radius 3 is 2.29 bits per heavy atom. The van der Waals surface area contributed by atoms with E-state index in [9.17, 15) is 18.3 Å². The third-order valence-corrected chi connectivity index (χ3v) is 4.72. The lowest BCUT2D eigenvalue weighted by atomic mass is 10.0. The maximum Gasteiger partial charge on any atom is 0.336 e. The maximum absolute atomic E-state index is 12.2. The summed E-state index contributed by atoms with van der Waals surface area (Å²) in [6, 6.07) is 4.81. The Balaban J connectivity index is 3.01. The second-order valence-electron chi connectivity index (χ2n) is 5.04. The number of rotatable bonds is 7. The van der Waals surface area contributed by atoms with E-state index in [0.29, 0.717) is 6.42 Å². The molecule has 3 N–H and O–H groups in total. The molecule has 0 bridgehead atoms. The third kappa shape index (κ3) is 4.26. The second-order valence-corrected chi connectivity index (χ2v) is 6.81. The van der Waals surface area contributed by atoms with Crippen LogP contribution in [0.1, 0.15) is 31.9 Å². The van der Waals surface area contributed by atoms with Gasteiger partial charge < -0.3 is 10.2 Å². The molecular formula is C14H21NO5S. The minimum Gasteiger partial charge on any atom is -0.479 e. The van der Waals surface area contributed by atoms with E-state index >= 15 is 0 Å². The lowest BCUT2D eigenvalue weighted by Crippen LogP contribution is -2.46. The van der Waals surface area contributed by atoms with Gasteiger partial charge in [0.2, 0.25) is 10.0 Å². The van der Waals surface area contributed by atoms with Gasteiger partial charge in [0.25, 0.3) is 0 Å². The summed E-state index contributed by atoms with van der Waals surface area (Å²) in [4.78, 5) is 10.8. The van der Waals surface area contributed by atoms with Gasteiger partial charge in [0, 0.05) is 0 Å². The molecule has 0 aliphatic rings. The molecule has 0 aromatic heterocycles. The number of carboxylic acids is 1. The van der Waals surface area contributed by atoms with Crippen molar-refractivity contribution >= 4 is 16.0 Å². The van der Waals surface area contributed by atoms with Crippen LogP contribution in [0.4, 0.5) is 0 Å². The molecule has 0 heterocycles. The summed E-state index contributed by atoms with van der Waals surface area (Å²) < 4.78 is 26.4. The first-order valence-electron chi connectivity index (χ1n) is 6.71. The molecule has 0 radical (unpaired) electrons. The zero-order valence-electron chi connectivity index (χ0n) is 12.4. The van der Waals surface area contributed by atoms with E-state index in [0.717, 1.165) is 24.5 Å². The molecule has 118 valence electrons. The Bertz CT molecular complexity index is 622. The highest BCUT2D eigenvalue weighted by molar-refractivity contribution is 7.89. The maximum atomic E-state index is 12.2. The van der Waals surface area contributed by atoms with Gasteiger partial charge in [0.15, 0.2) is 5.60 Å². The fourth-order valence-electron chi connectivity index (χ4n) is 1.84. The number of benzene rings is 1. The first-order valence-corrected chi connectivity index (χ1v) is 8.19.